The van der Waals surface area contributed by atoms with Gasteiger partial charge < -0.3 is 5.32 Å². The summed E-state index contributed by atoms with van der Waals surface area (Å²) in [6, 6.07) is 5.20. The van der Waals surface area contributed by atoms with Gasteiger partial charge in [0.15, 0.2) is 0 Å². The molecule has 0 aliphatic rings. The SMILES string of the molecule is CC(CCS(C)=O)NCc1ccc(Br)cc1[N+](=O)[O-]. The average Bonchev–Trinajstić information content (AvgIpc) is 2.34. The van der Waals surface area contributed by atoms with Crippen LogP contribution in [0.15, 0.2) is 22.7 Å². The van der Waals surface area contributed by atoms with Crippen molar-refractivity contribution in [3.63, 3.8) is 0 Å². The van der Waals surface area contributed by atoms with Gasteiger partial charge in [-0.25, -0.2) is 0 Å². The maximum Gasteiger partial charge on any atom is 0.275 e. The Kier molecular flexibility index (Phi) is 6.60. The molecule has 0 fully saturated rings. The van der Waals surface area contributed by atoms with Crippen molar-refractivity contribution in [2.45, 2.75) is 25.9 Å². The molecule has 0 aliphatic carbocycles. The Morgan fingerprint density at radius 2 is 2.21 bits per heavy atom. The minimum absolute atomic E-state index is 0.105. The summed E-state index contributed by atoms with van der Waals surface area (Å²) >= 11 is 3.23. The number of hydrogen-bond acceptors (Lipinski definition) is 4. The summed E-state index contributed by atoms with van der Waals surface area (Å²) in [6.45, 7) is 2.42. The number of nitro groups is 1. The topological polar surface area (TPSA) is 72.2 Å². The minimum atomic E-state index is -0.803. The molecule has 0 heterocycles. The van der Waals surface area contributed by atoms with Crippen LogP contribution >= 0.6 is 15.9 Å². The van der Waals surface area contributed by atoms with Crippen LogP contribution in [0.2, 0.25) is 0 Å². The molecule has 0 saturated heterocycles. The summed E-state index contributed by atoms with van der Waals surface area (Å²) in [5, 5.41) is 14.2. The monoisotopic (exact) mass is 348 g/mol. The fourth-order valence-corrected chi connectivity index (χ4v) is 2.62. The van der Waals surface area contributed by atoms with E-state index in [0.717, 1.165) is 6.42 Å². The highest BCUT2D eigenvalue weighted by Gasteiger charge is 2.14. The van der Waals surface area contributed by atoms with Crippen LogP contribution in [0.3, 0.4) is 0 Å². The zero-order chi connectivity index (χ0) is 14.4. The maximum absolute atomic E-state index is 11.0. The van der Waals surface area contributed by atoms with Crippen LogP contribution in [-0.4, -0.2) is 27.2 Å². The van der Waals surface area contributed by atoms with Gasteiger partial charge in [-0.05, 0) is 25.5 Å². The van der Waals surface area contributed by atoms with E-state index in [0.29, 0.717) is 22.3 Å². The molecule has 1 rings (SSSR count). The van der Waals surface area contributed by atoms with Gasteiger partial charge in [0.05, 0.1) is 4.92 Å². The van der Waals surface area contributed by atoms with Crippen LogP contribution in [-0.2, 0) is 17.3 Å². The van der Waals surface area contributed by atoms with Crippen molar-refractivity contribution in [1.29, 1.82) is 0 Å². The lowest BCUT2D eigenvalue weighted by molar-refractivity contribution is -0.385. The summed E-state index contributed by atoms with van der Waals surface area (Å²) in [6.07, 6.45) is 2.46. The Bertz CT molecular complexity index is 482. The van der Waals surface area contributed by atoms with Gasteiger partial charge in [0.2, 0.25) is 0 Å². The smallest absolute Gasteiger partial charge is 0.275 e. The van der Waals surface area contributed by atoms with Crippen molar-refractivity contribution < 1.29 is 9.13 Å². The number of nitrogens with zero attached hydrogens (tertiary/aromatic N) is 1. The number of nitrogens with one attached hydrogen (secondary N) is 1. The molecule has 1 aromatic rings. The van der Waals surface area contributed by atoms with Crippen LogP contribution in [0.4, 0.5) is 5.69 Å². The summed E-state index contributed by atoms with van der Waals surface area (Å²) in [5.74, 6) is 0.636. The third kappa shape index (κ3) is 5.80. The van der Waals surface area contributed by atoms with Crippen LogP contribution in [0.25, 0.3) is 0 Å². The van der Waals surface area contributed by atoms with E-state index < -0.39 is 10.8 Å². The van der Waals surface area contributed by atoms with Crippen molar-refractivity contribution in [3.05, 3.63) is 38.3 Å². The van der Waals surface area contributed by atoms with E-state index in [4.69, 9.17) is 0 Å². The van der Waals surface area contributed by atoms with Crippen molar-refractivity contribution in [2.75, 3.05) is 12.0 Å². The van der Waals surface area contributed by atoms with E-state index in [9.17, 15) is 14.3 Å². The van der Waals surface area contributed by atoms with Crippen LogP contribution in [0, 0.1) is 10.1 Å². The highest BCUT2D eigenvalue weighted by molar-refractivity contribution is 9.10. The quantitative estimate of drug-likeness (QED) is 0.607. The van der Waals surface area contributed by atoms with Crippen LogP contribution in [0.5, 0.6) is 0 Å². The molecule has 2 atom stereocenters. The zero-order valence-corrected chi connectivity index (χ0v) is 13.3. The third-order valence-corrected chi connectivity index (χ3v) is 4.03. The van der Waals surface area contributed by atoms with E-state index in [1.54, 1.807) is 18.4 Å². The molecule has 1 aromatic carbocycles. The molecular weight excluding hydrogens is 332 g/mol. The van der Waals surface area contributed by atoms with E-state index in [1.165, 1.54) is 6.07 Å². The number of benzene rings is 1. The molecule has 19 heavy (non-hydrogen) atoms. The summed E-state index contributed by atoms with van der Waals surface area (Å²) in [5.41, 5.74) is 0.755. The number of halogens is 1. The van der Waals surface area contributed by atoms with E-state index in [2.05, 4.69) is 21.2 Å². The Labute approximate surface area is 123 Å². The predicted molar refractivity (Wildman–Crippen MR) is 80.6 cm³/mol. The zero-order valence-electron chi connectivity index (χ0n) is 10.9. The molecule has 0 bridgehead atoms. The molecule has 0 spiro atoms. The van der Waals surface area contributed by atoms with Gasteiger partial charge in [-0.15, -0.1) is 0 Å². The van der Waals surface area contributed by atoms with Gasteiger partial charge in [-0.3, -0.25) is 14.3 Å². The first-order valence-corrected chi connectivity index (χ1v) is 8.38. The van der Waals surface area contributed by atoms with Crippen molar-refractivity contribution in [1.82, 2.24) is 5.32 Å². The highest BCUT2D eigenvalue weighted by Crippen LogP contribution is 2.23. The molecule has 0 aliphatic heterocycles. The van der Waals surface area contributed by atoms with Gasteiger partial charge >= 0.3 is 0 Å². The fraction of sp³-hybridized carbons (Fsp3) is 0.500. The second-order valence-electron chi connectivity index (χ2n) is 4.38. The average molecular weight is 349 g/mol. The summed E-state index contributed by atoms with van der Waals surface area (Å²) in [7, 11) is -0.803. The Balaban J connectivity index is 2.62. The lowest BCUT2D eigenvalue weighted by Gasteiger charge is -2.13. The van der Waals surface area contributed by atoms with E-state index in [-0.39, 0.29) is 16.7 Å². The standard InChI is InChI=1S/C12H17BrN2O3S/c1-9(5-6-19(2)18)14-8-10-3-4-11(13)7-12(10)15(16)17/h3-4,7,9,14H,5-6,8H2,1-2H3. The molecule has 7 heteroatoms. The lowest BCUT2D eigenvalue weighted by Crippen LogP contribution is -2.27. The van der Waals surface area contributed by atoms with Gasteiger partial charge in [-0.1, -0.05) is 15.9 Å². The van der Waals surface area contributed by atoms with Gasteiger partial charge in [0.1, 0.15) is 0 Å². The summed E-state index contributed by atoms with van der Waals surface area (Å²) < 4.78 is 11.7. The third-order valence-electron chi connectivity index (χ3n) is 2.72. The fourth-order valence-electron chi connectivity index (χ4n) is 1.59. The predicted octanol–water partition coefficient (Wildman–Crippen LogP) is 2.60. The molecule has 5 nitrogen and oxygen atoms in total. The van der Waals surface area contributed by atoms with Crippen molar-refractivity contribution in [3.8, 4) is 0 Å². The lowest BCUT2D eigenvalue weighted by atomic mass is 10.1. The number of rotatable bonds is 7. The molecular formula is C12H17BrN2O3S. The normalized spacial score (nSPS) is 14.1. The van der Waals surface area contributed by atoms with Gasteiger partial charge in [-0.2, -0.15) is 0 Å². The Hall–Kier alpha value is -0.790. The first-order chi connectivity index (χ1) is 8.90. The van der Waals surface area contributed by atoms with Crippen LogP contribution < -0.4 is 5.32 Å². The Morgan fingerprint density at radius 3 is 2.79 bits per heavy atom. The minimum Gasteiger partial charge on any atom is -0.310 e. The molecule has 2 unspecified atom stereocenters. The second kappa shape index (κ2) is 7.72. The molecule has 0 amide bonds. The molecule has 1 N–H and O–H groups in total. The molecule has 0 radical (unpaired) electrons. The number of hydrogen-bond donors (Lipinski definition) is 1. The van der Waals surface area contributed by atoms with E-state index in [1.807, 2.05) is 6.92 Å². The largest absolute Gasteiger partial charge is 0.310 e. The van der Waals surface area contributed by atoms with Gasteiger partial charge in [0.25, 0.3) is 5.69 Å². The van der Waals surface area contributed by atoms with Crippen molar-refractivity contribution in [2.24, 2.45) is 0 Å². The highest BCUT2D eigenvalue weighted by atomic mass is 79.9. The number of nitro benzene ring substituents is 1. The van der Waals surface area contributed by atoms with Crippen molar-refractivity contribution >= 4 is 32.4 Å². The summed E-state index contributed by atoms with van der Waals surface area (Å²) in [4.78, 5) is 10.6. The maximum atomic E-state index is 11.0. The first-order valence-electron chi connectivity index (χ1n) is 5.86. The van der Waals surface area contributed by atoms with Crippen LogP contribution in [0.1, 0.15) is 18.9 Å². The van der Waals surface area contributed by atoms with E-state index >= 15 is 0 Å². The first kappa shape index (κ1) is 16.3. The Morgan fingerprint density at radius 1 is 1.53 bits per heavy atom. The van der Waals surface area contributed by atoms with Gasteiger partial charge in [0, 0.05) is 51.5 Å². The second-order valence-corrected chi connectivity index (χ2v) is 6.85. The molecule has 106 valence electrons. The molecule has 0 saturated carbocycles. The molecule has 0 aromatic heterocycles.